The van der Waals surface area contributed by atoms with Gasteiger partial charge >= 0.3 is 0 Å². The van der Waals surface area contributed by atoms with Crippen LogP contribution in [0.1, 0.15) is 37.0 Å². The largest absolute Gasteiger partial charge is 0.391 e. The van der Waals surface area contributed by atoms with Crippen molar-refractivity contribution in [2.45, 2.75) is 38.8 Å². The monoisotopic (exact) mass is 380 g/mol. The van der Waals surface area contributed by atoms with Crippen LogP contribution >= 0.6 is 0 Å². The van der Waals surface area contributed by atoms with Crippen LogP contribution in [0.5, 0.6) is 0 Å². The van der Waals surface area contributed by atoms with E-state index in [4.69, 9.17) is 0 Å². The summed E-state index contributed by atoms with van der Waals surface area (Å²) in [4.78, 5) is 25.2. The third-order valence-corrected chi connectivity index (χ3v) is 5.16. The average Bonchev–Trinajstić information content (AvgIpc) is 3.07. The zero-order chi connectivity index (χ0) is 20.1. The molecular formula is C23H28N2O3. The summed E-state index contributed by atoms with van der Waals surface area (Å²) in [5, 5.41) is 16.2. The first kappa shape index (κ1) is 20.1. The van der Waals surface area contributed by atoms with Crippen molar-refractivity contribution in [3.63, 3.8) is 0 Å². The van der Waals surface area contributed by atoms with Crippen LogP contribution in [0, 0.1) is 11.8 Å². The highest BCUT2D eigenvalue weighted by atomic mass is 16.3. The third-order valence-electron chi connectivity index (χ3n) is 5.16. The van der Waals surface area contributed by atoms with Gasteiger partial charge in [-0.2, -0.15) is 0 Å². The minimum Gasteiger partial charge on any atom is -0.391 e. The number of carbonyl (C=O) groups excluding carboxylic acids is 2. The second-order valence-electron chi connectivity index (χ2n) is 7.87. The highest BCUT2D eigenvalue weighted by molar-refractivity contribution is 6.01. The molecule has 0 radical (unpaired) electrons. The Balaban J connectivity index is 1.68. The predicted octanol–water partition coefficient (Wildman–Crippen LogP) is 3.00. The number of nitrogens with one attached hydrogen (secondary N) is 2. The van der Waals surface area contributed by atoms with Crippen molar-refractivity contribution < 1.29 is 14.7 Å². The van der Waals surface area contributed by atoms with Gasteiger partial charge in [-0.15, -0.1) is 0 Å². The molecule has 0 heterocycles. The summed E-state index contributed by atoms with van der Waals surface area (Å²) in [7, 11) is 0. The molecule has 3 atom stereocenters. The van der Waals surface area contributed by atoms with E-state index in [9.17, 15) is 14.7 Å². The van der Waals surface area contributed by atoms with Gasteiger partial charge in [0.15, 0.2) is 0 Å². The van der Waals surface area contributed by atoms with Gasteiger partial charge in [0, 0.05) is 18.0 Å². The number of hydrogen-bond donors (Lipinski definition) is 3. The average molecular weight is 380 g/mol. The fourth-order valence-corrected chi connectivity index (χ4v) is 3.63. The van der Waals surface area contributed by atoms with Gasteiger partial charge in [0.1, 0.15) is 0 Å². The first-order chi connectivity index (χ1) is 13.5. The molecule has 0 aromatic heterocycles. The zero-order valence-electron chi connectivity index (χ0n) is 16.4. The van der Waals surface area contributed by atoms with Crippen molar-refractivity contribution in [3.05, 3.63) is 60.2 Å². The van der Waals surface area contributed by atoms with E-state index in [0.717, 1.165) is 11.1 Å². The molecule has 0 aliphatic heterocycles. The Kier molecular flexibility index (Phi) is 6.47. The molecule has 1 saturated carbocycles. The van der Waals surface area contributed by atoms with E-state index in [-0.39, 0.29) is 17.7 Å². The lowest BCUT2D eigenvalue weighted by atomic mass is 9.99. The lowest BCUT2D eigenvalue weighted by molar-refractivity contribution is -0.125. The smallest absolute Gasteiger partial charge is 0.252 e. The standard InChI is InChI=1S/C23H28N2O3/c1-15(2)14-24-22(27)17-12-20(21(26)13-17)25-23(28)19-11-7-6-10-18(19)16-8-4-3-5-9-16/h3-11,15,17,20-21,26H,12-14H2,1-2H3,(H,24,27)(H,25,28)/t17-,20+,21+/m0/s1. The molecule has 148 valence electrons. The summed E-state index contributed by atoms with van der Waals surface area (Å²) in [6.45, 7) is 4.70. The number of hydrogen-bond acceptors (Lipinski definition) is 3. The van der Waals surface area contributed by atoms with Gasteiger partial charge in [-0.3, -0.25) is 9.59 Å². The van der Waals surface area contributed by atoms with Crippen LogP contribution in [0.25, 0.3) is 11.1 Å². The molecule has 1 aliphatic carbocycles. The number of aliphatic hydroxyl groups is 1. The van der Waals surface area contributed by atoms with Gasteiger partial charge in [-0.1, -0.05) is 62.4 Å². The summed E-state index contributed by atoms with van der Waals surface area (Å²) in [5.74, 6) is -0.176. The molecule has 0 spiro atoms. The van der Waals surface area contributed by atoms with Crippen molar-refractivity contribution >= 4 is 11.8 Å². The van der Waals surface area contributed by atoms with Gasteiger partial charge in [-0.05, 0) is 36.0 Å². The first-order valence-corrected chi connectivity index (χ1v) is 9.86. The molecule has 0 saturated heterocycles. The summed E-state index contributed by atoms with van der Waals surface area (Å²) in [5.41, 5.74) is 2.37. The van der Waals surface area contributed by atoms with Crippen molar-refractivity contribution in [2.75, 3.05) is 6.54 Å². The molecule has 1 fully saturated rings. The Morgan fingerprint density at radius 3 is 2.43 bits per heavy atom. The van der Waals surface area contributed by atoms with Crippen LogP contribution in [-0.4, -0.2) is 35.6 Å². The number of rotatable bonds is 6. The molecule has 2 aromatic carbocycles. The lowest BCUT2D eigenvalue weighted by Gasteiger charge is -2.18. The van der Waals surface area contributed by atoms with Gasteiger partial charge in [-0.25, -0.2) is 0 Å². The van der Waals surface area contributed by atoms with Gasteiger partial charge in [0.25, 0.3) is 5.91 Å². The van der Waals surface area contributed by atoms with E-state index < -0.39 is 12.1 Å². The fourth-order valence-electron chi connectivity index (χ4n) is 3.63. The Labute approximate surface area is 166 Å². The van der Waals surface area contributed by atoms with E-state index in [1.807, 2.05) is 62.4 Å². The SMILES string of the molecule is CC(C)CNC(=O)[C@@H]1C[C@@H](O)[C@H](NC(=O)c2ccccc2-c2ccccc2)C1. The minimum absolute atomic E-state index is 0.0471. The van der Waals surface area contributed by atoms with Gasteiger partial charge < -0.3 is 15.7 Å². The normalized spacial score (nSPS) is 21.5. The minimum atomic E-state index is -0.720. The second kappa shape index (κ2) is 9.02. The predicted molar refractivity (Wildman–Crippen MR) is 110 cm³/mol. The van der Waals surface area contributed by atoms with Crippen LogP contribution < -0.4 is 10.6 Å². The highest BCUT2D eigenvalue weighted by Crippen LogP contribution is 2.28. The molecule has 1 aliphatic rings. The molecule has 2 aromatic rings. The number of carbonyl (C=O) groups is 2. The van der Waals surface area contributed by atoms with Crippen LogP contribution in [0.3, 0.4) is 0 Å². The van der Waals surface area contributed by atoms with Crippen LogP contribution in [0.4, 0.5) is 0 Å². The molecular weight excluding hydrogens is 352 g/mol. The van der Waals surface area contributed by atoms with E-state index in [2.05, 4.69) is 10.6 Å². The van der Waals surface area contributed by atoms with E-state index in [1.165, 1.54) is 0 Å². The fraction of sp³-hybridized carbons (Fsp3) is 0.391. The zero-order valence-corrected chi connectivity index (χ0v) is 16.4. The molecule has 0 bridgehead atoms. The summed E-state index contributed by atoms with van der Waals surface area (Å²) < 4.78 is 0. The summed E-state index contributed by atoms with van der Waals surface area (Å²) in [6, 6.07) is 16.7. The topological polar surface area (TPSA) is 78.4 Å². The van der Waals surface area contributed by atoms with Crippen molar-refractivity contribution in [2.24, 2.45) is 11.8 Å². The highest BCUT2D eigenvalue weighted by Gasteiger charge is 2.37. The molecule has 2 amide bonds. The third kappa shape index (κ3) is 4.78. The van der Waals surface area contributed by atoms with Crippen LogP contribution in [0.2, 0.25) is 0 Å². The van der Waals surface area contributed by atoms with Crippen LogP contribution in [0.15, 0.2) is 54.6 Å². The van der Waals surface area contributed by atoms with Crippen molar-refractivity contribution in [1.82, 2.24) is 10.6 Å². The molecule has 0 unspecified atom stereocenters. The number of benzene rings is 2. The van der Waals surface area contributed by atoms with Crippen molar-refractivity contribution in [3.8, 4) is 11.1 Å². The van der Waals surface area contributed by atoms with Gasteiger partial charge in [0.2, 0.25) is 5.91 Å². The van der Waals surface area contributed by atoms with E-state index >= 15 is 0 Å². The summed E-state index contributed by atoms with van der Waals surface area (Å²) in [6.07, 6.45) is 0.0992. The lowest BCUT2D eigenvalue weighted by Crippen LogP contribution is -2.40. The molecule has 28 heavy (non-hydrogen) atoms. The Morgan fingerprint density at radius 1 is 1.04 bits per heavy atom. The first-order valence-electron chi connectivity index (χ1n) is 9.86. The maximum atomic E-state index is 12.9. The molecule has 3 N–H and O–H groups in total. The molecule has 5 heteroatoms. The van der Waals surface area contributed by atoms with Crippen LogP contribution in [-0.2, 0) is 4.79 Å². The Hall–Kier alpha value is -2.66. The van der Waals surface area contributed by atoms with Gasteiger partial charge in [0.05, 0.1) is 12.1 Å². The summed E-state index contributed by atoms with van der Waals surface area (Å²) >= 11 is 0. The molecule has 5 nitrogen and oxygen atoms in total. The maximum absolute atomic E-state index is 12.9. The second-order valence-corrected chi connectivity index (χ2v) is 7.87. The number of amides is 2. The quantitative estimate of drug-likeness (QED) is 0.721. The Morgan fingerprint density at radius 2 is 1.71 bits per heavy atom. The van der Waals surface area contributed by atoms with E-state index in [1.54, 1.807) is 6.07 Å². The maximum Gasteiger partial charge on any atom is 0.252 e. The van der Waals surface area contributed by atoms with E-state index in [0.29, 0.717) is 30.9 Å². The Bertz CT molecular complexity index is 820. The molecule has 3 rings (SSSR count). The van der Waals surface area contributed by atoms with Crippen molar-refractivity contribution in [1.29, 1.82) is 0 Å². The number of aliphatic hydroxyl groups excluding tert-OH is 1.